The highest BCUT2D eigenvalue weighted by Crippen LogP contribution is 2.31. The molecule has 1 aliphatic rings. The molecule has 1 amide bonds. The van der Waals surface area contributed by atoms with E-state index in [2.05, 4.69) is 13.8 Å². The van der Waals surface area contributed by atoms with E-state index >= 15 is 0 Å². The molecular formula is C13H26N2O. The maximum absolute atomic E-state index is 12.2. The average molecular weight is 226 g/mol. The van der Waals surface area contributed by atoms with Gasteiger partial charge in [0.05, 0.1) is 0 Å². The number of nitrogens with zero attached hydrogens (tertiary/aromatic N) is 1. The maximum Gasteiger partial charge on any atom is 0.225 e. The fourth-order valence-electron chi connectivity index (χ4n) is 2.81. The summed E-state index contributed by atoms with van der Waals surface area (Å²) in [5, 5.41) is 0. The lowest BCUT2D eigenvalue weighted by molar-refractivity contribution is -0.136. The minimum Gasteiger partial charge on any atom is -0.343 e. The molecule has 3 nitrogen and oxygen atoms in total. The van der Waals surface area contributed by atoms with E-state index in [1.54, 1.807) is 0 Å². The van der Waals surface area contributed by atoms with Gasteiger partial charge in [-0.2, -0.15) is 0 Å². The van der Waals surface area contributed by atoms with Gasteiger partial charge in [0.1, 0.15) is 0 Å². The van der Waals surface area contributed by atoms with Gasteiger partial charge in [-0.05, 0) is 45.6 Å². The van der Waals surface area contributed by atoms with Crippen LogP contribution >= 0.6 is 0 Å². The number of carbonyl (C=O) groups excluding carboxylic acids is 1. The monoisotopic (exact) mass is 226 g/mol. The molecule has 0 aromatic rings. The highest BCUT2D eigenvalue weighted by Gasteiger charge is 2.28. The Hall–Kier alpha value is -0.570. The molecule has 0 heterocycles. The molecule has 1 saturated carbocycles. The topological polar surface area (TPSA) is 46.3 Å². The summed E-state index contributed by atoms with van der Waals surface area (Å²) < 4.78 is 0. The zero-order valence-electron chi connectivity index (χ0n) is 10.7. The van der Waals surface area contributed by atoms with Crippen molar-refractivity contribution in [3.63, 3.8) is 0 Å². The second kappa shape index (κ2) is 6.89. The fraction of sp³-hybridized carbons (Fsp3) is 0.923. The lowest BCUT2D eigenvalue weighted by Crippen LogP contribution is -2.38. The van der Waals surface area contributed by atoms with E-state index in [0.29, 0.717) is 11.8 Å². The number of amides is 1. The van der Waals surface area contributed by atoms with E-state index in [-0.39, 0.29) is 5.92 Å². The second-order valence-corrected chi connectivity index (χ2v) is 4.82. The lowest BCUT2D eigenvalue weighted by atomic mass is 9.79. The molecule has 0 aromatic heterocycles. The van der Waals surface area contributed by atoms with Gasteiger partial charge in [-0.15, -0.1) is 0 Å². The molecule has 0 aromatic carbocycles. The first-order chi connectivity index (χ1) is 7.72. The molecule has 94 valence electrons. The van der Waals surface area contributed by atoms with Crippen LogP contribution in [0, 0.1) is 11.8 Å². The molecule has 1 fully saturated rings. The van der Waals surface area contributed by atoms with Crippen molar-refractivity contribution >= 4 is 5.91 Å². The van der Waals surface area contributed by atoms with Crippen LogP contribution < -0.4 is 5.73 Å². The minimum atomic E-state index is 0.269. The van der Waals surface area contributed by atoms with Crippen LogP contribution in [0.4, 0.5) is 0 Å². The highest BCUT2D eigenvalue weighted by molar-refractivity contribution is 5.78. The number of hydrogen-bond acceptors (Lipinski definition) is 2. The summed E-state index contributed by atoms with van der Waals surface area (Å²) in [5.41, 5.74) is 5.60. The predicted octanol–water partition coefficient (Wildman–Crippen LogP) is 2.01. The molecule has 16 heavy (non-hydrogen) atoms. The molecule has 2 atom stereocenters. The van der Waals surface area contributed by atoms with Crippen molar-refractivity contribution < 1.29 is 4.79 Å². The van der Waals surface area contributed by atoms with Gasteiger partial charge in [0.2, 0.25) is 5.91 Å². The summed E-state index contributed by atoms with van der Waals surface area (Å²) in [5.74, 6) is 1.32. The van der Waals surface area contributed by atoms with Crippen molar-refractivity contribution in [2.75, 3.05) is 19.6 Å². The molecule has 1 rings (SSSR count). The molecule has 0 radical (unpaired) electrons. The van der Waals surface area contributed by atoms with Crippen molar-refractivity contribution in [2.45, 2.75) is 46.0 Å². The van der Waals surface area contributed by atoms with E-state index < -0.39 is 0 Å². The zero-order chi connectivity index (χ0) is 12.0. The Morgan fingerprint density at radius 2 is 2.00 bits per heavy atom. The van der Waals surface area contributed by atoms with Crippen LogP contribution in [0.3, 0.4) is 0 Å². The van der Waals surface area contributed by atoms with Gasteiger partial charge >= 0.3 is 0 Å². The van der Waals surface area contributed by atoms with Crippen molar-refractivity contribution in [2.24, 2.45) is 17.6 Å². The summed E-state index contributed by atoms with van der Waals surface area (Å²) in [7, 11) is 0. The normalized spacial score (nSPS) is 25.4. The van der Waals surface area contributed by atoms with E-state index in [1.807, 2.05) is 4.90 Å². The molecule has 0 bridgehead atoms. The third-order valence-corrected chi connectivity index (χ3v) is 3.78. The van der Waals surface area contributed by atoms with Crippen LogP contribution in [0.1, 0.15) is 46.0 Å². The molecule has 0 saturated heterocycles. The standard InChI is InChI=1S/C13H26N2O/c1-3-15(4-2)13(16)12-7-5-6-11(10-12)8-9-14/h11-12H,3-10,14H2,1-2H3. The van der Waals surface area contributed by atoms with E-state index in [0.717, 1.165) is 38.9 Å². The Balaban J connectivity index is 2.49. The summed E-state index contributed by atoms with van der Waals surface area (Å²) in [6.45, 7) is 6.56. The largest absolute Gasteiger partial charge is 0.343 e. The Morgan fingerprint density at radius 3 is 2.56 bits per heavy atom. The Kier molecular flexibility index (Phi) is 5.81. The van der Waals surface area contributed by atoms with Gasteiger partial charge in [-0.25, -0.2) is 0 Å². The van der Waals surface area contributed by atoms with Crippen molar-refractivity contribution in [3.8, 4) is 0 Å². The third kappa shape index (κ3) is 3.48. The quantitative estimate of drug-likeness (QED) is 0.779. The molecule has 1 aliphatic carbocycles. The Labute approximate surface area is 99.4 Å². The first-order valence-corrected chi connectivity index (χ1v) is 6.71. The van der Waals surface area contributed by atoms with Crippen LogP contribution in [0.25, 0.3) is 0 Å². The van der Waals surface area contributed by atoms with E-state index in [9.17, 15) is 4.79 Å². The lowest BCUT2D eigenvalue weighted by Gasteiger charge is -2.31. The Bertz CT molecular complexity index is 212. The zero-order valence-corrected chi connectivity index (χ0v) is 10.7. The van der Waals surface area contributed by atoms with Gasteiger partial charge in [-0.3, -0.25) is 4.79 Å². The number of rotatable bonds is 5. The second-order valence-electron chi connectivity index (χ2n) is 4.82. The van der Waals surface area contributed by atoms with Gasteiger partial charge in [0.15, 0.2) is 0 Å². The molecule has 0 aliphatic heterocycles. The first kappa shape index (κ1) is 13.5. The fourth-order valence-corrected chi connectivity index (χ4v) is 2.81. The summed E-state index contributed by atoms with van der Waals surface area (Å²) in [6, 6.07) is 0. The number of nitrogens with two attached hydrogens (primary N) is 1. The van der Waals surface area contributed by atoms with Crippen LogP contribution in [0.5, 0.6) is 0 Å². The third-order valence-electron chi connectivity index (χ3n) is 3.78. The van der Waals surface area contributed by atoms with E-state index in [1.165, 1.54) is 12.8 Å². The molecular weight excluding hydrogens is 200 g/mol. The SMILES string of the molecule is CCN(CC)C(=O)C1CCCC(CCN)C1. The summed E-state index contributed by atoms with van der Waals surface area (Å²) in [4.78, 5) is 14.2. The number of carbonyl (C=O) groups is 1. The van der Waals surface area contributed by atoms with Crippen LogP contribution in [0.2, 0.25) is 0 Å². The smallest absolute Gasteiger partial charge is 0.225 e. The molecule has 2 unspecified atom stereocenters. The Morgan fingerprint density at radius 1 is 1.31 bits per heavy atom. The summed E-state index contributed by atoms with van der Waals surface area (Å²) >= 11 is 0. The van der Waals surface area contributed by atoms with Crippen molar-refractivity contribution in [3.05, 3.63) is 0 Å². The molecule has 2 N–H and O–H groups in total. The van der Waals surface area contributed by atoms with Crippen LogP contribution in [0.15, 0.2) is 0 Å². The van der Waals surface area contributed by atoms with Crippen LogP contribution in [-0.4, -0.2) is 30.4 Å². The van der Waals surface area contributed by atoms with Gasteiger partial charge in [0.25, 0.3) is 0 Å². The molecule has 0 spiro atoms. The van der Waals surface area contributed by atoms with Gasteiger partial charge in [-0.1, -0.05) is 12.8 Å². The van der Waals surface area contributed by atoms with Crippen LogP contribution in [-0.2, 0) is 4.79 Å². The van der Waals surface area contributed by atoms with Crippen molar-refractivity contribution in [1.29, 1.82) is 0 Å². The van der Waals surface area contributed by atoms with Gasteiger partial charge in [0, 0.05) is 19.0 Å². The van der Waals surface area contributed by atoms with Crippen molar-refractivity contribution in [1.82, 2.24) is 4.90 Å². The average Bonchev–Trinajstić information content (AvgIpc) is 2.31. The van der Waals surface area contributed by atoms with Gasteiger partial charge < -0.3 is 10.6 Å². The first-order valence-electron chi connectivity index (χ1n) is 6.71. The highest BCUT2D eigenvalue weighted by atomic mass is 16.2. The number of hydrogen-bond donors (Lipinski definition) is 1. The summed E-state index contributed by atoms with van der Waals surface area (Å²) in [6.07, 6.45) is 5.69. The molecule has 3 heteroatoms. The van der Waals surface area contributed by atoms with E-state index in [4.69, 9.17) is 5.73 Å². The predicted molar refractivity (Wildman–Crippen MR) is 67.0 cm³/mol. The minimum absolute atomic E-state index is 0.269. The maximum atomic E-state index is 12.2.